The van der Waals surface area contributed by atoms with Crippen LogP contribution in [0.15, 0.2) is 52.0 Å². The van der Waals surface area contributed by atoms with E-state index in [1.54, 1.807) is 67.9 Å². The van der Waals surface area contributed by atoms with E-state index in [-0.39, 0.29) is 43.7 Å². The molecule has 5 rings (SSSR count). The summed E-state index contributed by atoms with van der Waals surface area (Å²) in [5, 5.41) is 17.7. The largest absolute Gasteiger partial charge is 0 e. The quantitative estimate of drug-likeness (QED) is 0.154. The van der Waals surface area contributed by atoms with Crippen LogP contribution in [0.3, 0.4) is 0 Å². The number of likely N-dealkylation sites (N-methyl/N-ethyl adjacent to an activating group) is 2. The minimum Gasteiger partial charge on any atom is 0 e. The van der Waals surface area contributed by atoms with Gasteiger partial charge in [0, 0.05) is 67.4 Å². The molecule has 21 heteroatoms. The van der Waals surface area contributed by atoms with Crippen LogP contribution in [0.2, 0.25) is 0 Å². The fraction of sp³-hybridized carbons (Fsp3) is 0.375. The average Bonchev–Trinajstić information content (AvgIpc) is 3.91. The molecule has 4 aromatic heterocycles. The van der Waals surface area contributed by atoms with E-state index in [2.05, 4.69) is 60.6 Å². The van der Waals surface area contributed by atoms with Crippen LogP contribution in [0.5, 0.6) is 11.8 Å². The normalized spacial score (nSPS) is 11.1. The molecule has 1 aliphatic heterocycles. The minimum absolute atomic E-state index is 0. The molecular weight excluding hydrogens is 769 g/mol. The van der Waals surface area contributed by atoms with Gasteiger partial charge < -0.3 is 44.6 Å². The van der Waals surface area contributed by atoms with Gasteiger partial charge in [0.05, 0.1) is 19.4 Å². The zero-order chi connectivity index (χ0) is 39.3. The van der Waals surface area contributed by atoms with Crippen LogP contribution < -0.4 is 20.9 Å². The van der Waals surface area contributed by atoms with Crippen LogP contribution in [0.25, 0.3) is 0 Å². The molecule has 1 aliphatic rings. The van der Waals surface area contributed by atoms with Crippen molar-refractivity contribution in [2.75, 3.05) is 66.1 Å². The Morgan fingerprint density at radius 3 is 1.77 bits per heavy atom. The smallest absolute Gasteiger partial charge is 0 e. The number of carbonyl (C=O) groups excluding carboxylic acids is 2. The van der Waals surface area contributed by atoms with Gasteiger partial charge in [0.2, 0.25) is 11.8 Å². The third kappa shape index (κ3) is 14.9. The number of nitrogens with two attached hydrogens (primary N) is 2. The van der Waals surface area contributed by atoms with Crippen LogP contribution in [0.4, 0.5) is 11.6 Å². The van der Waals surface area contributed by atoms with Crippen molar-refractivity contribution in [1.29, 1.82) is 10.5 Å². The predicted octanol–water partition coefficient (Wildman–Crippen LogP) is 2.48. The van der Waals surface area contributed by atoms with Gasteiger partial charge in [0.15, 0.2) is 29.3 Å². The van der Waals surface area contributed by atoms with Crippen molar-refractivity contribution in [3.05, 3.63) is 70.2 Å². The molecule has 4 N–H and O–H groups in total. The van der Waals surface area contributed by atoms with Crippen molar-refractivity contribution < 1.29 is 25.2 Å². The van der Waals surface area contributed by atoms with Gasteiger partial charge >= 0.3 is 24.8 Å². The number of hydrogen-bond acceptors (Lipinski definition) is 15. The maximum absolute atomic E-state index is 11.4. The summed E-state index contributed by atoms with van der Waals surface area (Å²) in [6.45, 7) is 2.74. The molecule has 53 heavy (non-hydrogen) atoms. The number of ether oxygens (including phenoxy) is 3. The monoisotopic (exact) mass is 810 g/mol. The first-order valence-electron chi connectivity index (χ1n) is 15.6. The summed E-state index contributed by atoms with van der Waals surface area (Å²) in [5.41, 5.74) is 13.8. The second-order valence-electron chi connectivity index (χ2n) is 11.1. The number of nitrogen functional groups attached to an aromatic ring is 2. The molecule has 0 saturated carbocycles. The second kappa shape index (κ2) is 23.1. The summed E-state index contributed by atoms with van der Waals surface area (Å²) in [6.07, 6.45) is 7.31. The van der Waals surface area contributed by atoms with Gasteiger partial charge in [0.1, 0.15) is 23.8 Å². The van der Waals surface area contributed by atoms with E-state index in [1.165, 1.54) is 29.0 Å². The third-order valence-electron chi connectivity index (χ3n) is 6.85. The Labute approximate surface area is 324 Å². The number of rotatable bonds is 10. The van der Waals surface area contributed by atoms with Crippen molar-refractivity contribution in [1.82, 2.24) is 38.9 Å². The van der Waals surface area contributed by atoms with E-state index in [4.69, 9.17) is 36.2 Å². The van der Waals surface area contributed by atoms with Gasteiger partial charge in [-0.3, -0.25) is 9.59 Å². The Morgan fingerprint density at radius 2 is 1.42 bits per heavy atom. The Hall–Kier alpha value is -5.51. The summed E-state index contributed by atoms with van der Waals surface area (Å²) in [4.78, 5) is 41.9. The second-order valence-corrected chi connectivity index (χ2v) is 12.1. The molecule has 1 fully saturated rings. The van der Waals surface area contributed by atoms with E-state index in [0.717, 1.165) is 24.3 Å². The number of anilines is 2. The van der Waals surface area contributed by atoms with Crippen LogP contribution in [-0.4, -0.2) is 113 Å². The molecule has 0 atom stereocenters. The first-order chi connectivity index (χ1) is 25.3. The fourth-order valence-corrected chi connectivity index (χ4v) is 4.37. The van der Waals surface area contributed by atoms with Crippen molar-refractivity contribution >= 4 is 59.8 Å². The topological polar surface area (TPSA) is 242 Å². The molecule has 281 valence electrons. The number of nitrogens with zero attached hydrogens (tertiary/aromatic N) is 11. The Balaban J connectivity index is 0.000000441. The van der Waals surface area contributed by atoms with E-state index in [9.17, 15) is 9.59 Å². The van der Waals surface area contributed by atoms with E-state index >= 15 is 0 Å². The number of hydrogen-bond donors (Lipinski definition) is 3. The zero-order valence-electron chi connectivity index (χ0n) is 29.7. The summed E-state index contributed by atoms with van der Waals surface area (Å²) >= 11 is 6.46. The summed E-state index contributed by atoms with van der Waals surface area (Å²) in [5.74, 6) is 1.06. The molecule has 4 aromatic rings. The molecule has 2 amide bonds. The molecule has 0 unspecified atom stereocenters. The van der Waals surface area contributed by atoms with Crippen LogP contribution in [0.1, 0.15) is 36.8 Å². The van der Waals surface area contributed by atoms with Crippen LogP contribution in [-0.2, 0) is 27.4 Å². The van der Waals surface area contributed by atoms with Crippen molar-refractivity contribution in [3.63, 3.8) is 0 Å². The predicted molar refractivity (Wildman–Crippen MR) is 205 cm³/mol. The molecule has 1 saturated heterocycles. The summed E-state index contributed by atoms with van der Waals surface area (Å²) < 4.78 is 22.0. The molecule has 0 spiro atoms. The third-order valence-corrected chi connectivity index (χ3v) is 7.46. The summed E-state index contributed by atoms with van der Waals surface area (Å²) in [6, 6.07) is 10.8. The maximum Gasteiger partial charge on any atom is 0 e. The number of thiol groups is 1. The van der Waals surface area contributed by atoms with Crippen molar-refractivity contribution in [3.8, 4) is 23.9 Å². The minimum atomic E-state index is -0.143. The Kier molecular flexibility index (Phi) is 19.1. The van der Waals surface area contributed by atoms with Gasteiger partial charge in [0.25, 0.3) is 11.8 Å². The molecule has 5 heterocycles. The molecular formula is C32H42BBrN13O5S. The van der Waals surface area contributed by atoms with Gasteiger partial charge in [-0.05, 0) is 39.9 Å². The number of aromatic nitrogens is 6. The first kappa shape index (κ1) is 43.7. The van der Waals surface area contributed by atoms with Gasteiger partial charge in [-0.2, -0.15) is 10.5 Å². The summed E-state index contributed by atoms with van der Waals surface area (Å²) in [7, 11) is 11.0. The van der Waals surface area contributed by atoms with Gasteiger partial charge in [-0.1, -0.05) is 12.1 Å². The number of halogens is 1. The molecule has 0 aliphatic carbocycles. The number of nitriles is 2. The van der Waals surface area contributed by atoms with Gasteiger partial charge in [-0.15, -0.1) is 0 Å². The standard InChI is InChI=1S/C14H15BrN6O2.C14H16N6O2.C4H8O.BHNS.H2/c1-20(2)12(22)8-23-11-4-3-9(6-18-11)7-21-13(17)10(5-16)19-14(21)15;1-19(2)13(21)8-22-12-4-3-10(6-17-12)7-20-9-18-11(5-15)14(20)16;1-2-4-5-3-1;1-2-3;/h3-4,6H,7-8,17H2,1-2H3;3-4,6,9H,7-8,16H2,1-2H3;1-4H2;3H;1H. The van der Waals surface area contributed by atoms with E-state index < -0.39 is 0 Å². The number of pyridine rings is 2. The Bertz CT molecular complexity index is 1850. The van der Waals surface area contributed by atoms with Crippen LogP contribution >= 0.6 is 28.7 Å². The van der Waals surface area contributed by atoms with Crippen LogP contribution in [0, 0.1) is 22.7 Å². The molecule has 0 aromatic carbocycles. The Morgan fingerprint density at radius 1 is 0.925 bits per heavy atom. The fourth-order valence-electron chi connectivity index (χ4n) is 3.87. The molecule has 0 bridgehead atoms. The number of imidazole rings is 2. The molecule has 1 radical (unpaired) electrons. The molecule has 18 nitrogen and oxygen atoms in total. The average molecular weight is 812 g/mol. The van der Waals surface area contributed by atoms with E-state index in [0.29, 0.717) is 35.4 Å². The maximum atomic E-state index is 11.4. The number of amides is 2. The van der Waals surface area contributed by atoms with Crippen molar-refractivity contribution in [2.24, 2.45) is 4.30 Å². The van der Waals surface area contributed by atoms with Gasteiger partial charge in [-0.25, -0.2) is 19.9 Å². The SMILES string of the molecule is C1CCOC1.CN(C)C(=O)COc1ccc(Cn2c(Br)nc(C#N)c2N)cn1.CN(C)C(=O)COc1ccc(Cn2cnc(C#N)c2N)cn1.[B]=NS.[HH]. The zero-order valence-corrected chi connectivity index (χ0v) is 32.2. The first-order valence-corrected chi connectivity index (χ1v) is 16.8. The van der Waals surface area contributed by atoms with Crippen molar-refractivity contribution in [2.45, 2.75) is 25.9 Å². The van der Waals surface area contributed by atoms with E-state index in [1.807, 2.05) is 18.2 Å². The number of carbonyl (C=O) groups is 2.